The highest BCUT2D eigenvalue weighted by Crippen LogP contribution is 2.11. The molecule has 0 spiro atoms. The largest absolute Gasteiger partial charge is 0.463 e. The number of ether oxygens (including phenoxy) is 2. The van der Waals surface area contributed by atoms with Gasteiger partial charge in [0.05, 0.1) is 0 Å². The Kier molecular flexibility index (Phi) is 3.50. The van der Waals surface area contributed by atoms with Gasteiger partial charge in [-0.3, -0.25) is 9.59 Å². The van der Waals surface area contributed by atoms with Crippen LogP contribution in [0.5, 0.6) is 5.75 Å². The summed E-state index contributed by atoms with van der Waals surface area (Å²) >= 11 is 0. The van der Waals surface area contributed by atoms with E-state index < -0.39 is 0 Å². The van der Waals surface area contributed by atoms with Crippen LogP contribution in [0.3, 0.4) is 0 Å². The first-order chi connectivity index (χ1) is 6.36. The molecule has 0 atom stereocenters. The lowest BCUT2D eigenvalue weighted by Gasteiger charge is -2.00. The first-order valence-corrected chi connectivity index (χ1v) is 3.61. The Hall–Kier alpha value is -1.84. The van der Waals surface area contributed by atoms with E-state index in [-0.39, 0.29) is 6.61 Å². The molecule has 0 aliphatic rings. The number of hydrogen-bond donors (Lipinski definition) is 0. The molecule has 0 aliphatic heterocycles. The number of hydrogen-bond acceptors (Lipinski definition) is 4. The Balaban J connectivity index is 2.58. The summed E-state index contributed by atoms with van der Waals surface area (Å²) in [5, 5.41) is 0. The van der Waals surface area contributed by atoms with Gasteiger partial charge < -0.3 is 9.47 Å². The number of carbonyl (C=O) groups excluding carboxylic acids is 2. The second kappa shape index (κ2) is 4.92. The van der Waals surface area contributed by atoms with Crippen LogP contribution in [0.25, 0.3) is 0 Å². The third kappa shape index (κ3) is 2.94. The zero-order valence-electron chi connectivity index (χ0n) is 6.80. The van der Waals surface area contributed by atoms with Crippen LogP contribution in [0.1, 0.15) is 5.56 Å². The fourth-order valence-electron chi connectivity index (χ4n) is 0.850. The summed E-state index contributed by atoms with van der Waals surface area (Å²) in [4.78, 5) is 19.8. The first-order valence-electron chi connectivity index (χ1n) is 3.61. The van der Waals surface area contributed by atoms with Crippen molar-refractivity contribution in [2.24, 2.45) is 0 Å². The molecular formula is C9H8O4. The summed E-state index contributed by atoms with van der Waals surface area (Å²) in [5.74, 6) is 0.463. The zero-order chi connectivity index (χ0) is 9.52. The third-order valence-corrected chi connectivity index (χ3v) is 1.43. The minimum absolute atomic E-state index is 0.227. The Labute approximate surface area is 75.1 Å². The van der Waals surface area contributed by atoms with Gasteiger partial charge in [-0.15, -0.1) is 0 Å². The monoisotopic (exact) mass is 180 g/mol. The van der Waals surface area contributed by atoms with Gasteiger partial charge in [-0.05, 0) is 17.7 Å². The van der Waals surface area contributed by atoms with Crippen molar-refractivity contribution in [2.45, 2.75) is 6.61 Å². The van der Waals surface area contributed by atoms with Crippen molar-refractivity contribution in [3.63, 3.8) is 0 Å². The maximum atomic E-state index is 9.94. The fourth-order valence-corrected chi connectivity index (χ4v) is 0.850. The smallest absolute Gasteiger partial charge is 0.298 e. The van der Waals surface area contributed by atoms with Crippen molar-refractivity contribution in [3.05, 3.63) is 29.8 Å². The SMILES string of the molecule is O=COCc1ccc(OC=O)cc1. The zero-order valence-corrected chi connectivity index (χ0v) is 6.80. The van der Waals surface area contributed by atoms with Crippen LogP contribution < -0.4 is 4.74 Å². The van der Waals surface area contributed by atoms with Crippen molar-refractivity contribution >= 4 is 12.9 Å². The second-order valence-corrected chi connectivity index (χ2v) is 2.27. The molecule has 0 saturated carbocycles. The molecular weight excluding hydrogens is 172 g/mol. The first kappa shape index (κ1) is 9.25. The molecule has 13 heavy (non-hydrogen) atoms. The van der Waals surface area contributed by atoms with E-state index in [0.29, 0.717) is 18.7 Å². The van der Waals surface area contributed by atoms with Gasteiger partial charge in [0.1, 0.15) is 12.4 Å². The van der Waals surface area contributed by atoms with Crippen molar-refractivity contribution in [1.82, 2.24) is 0 Å². The normalized spacial score (nSPS) is 8.92. The van der Waals surface area contributed by atoms with Crippen LogP contribution in [0.2, 0.25) is 0 Å². The maximum Gasteiger partial charge on any atom is 0.298 e. The number of benzene rings is 1. The van der Waals surface area contributed by atoms with E-state index in [4.69, 9.17) is 0 Å². The van der Waals surface area contributed by atoms with E-state index in [1.165, 1.54) is 0 Å². The average molecular weight is 180 g/mol. The van der Waals surface area contributed by atoms with Crippen molar-refractivity contribution in [1.29, 1.82) is 0 Å². The molecule has 0 saturated heterocycles. The lowest BCUT2D eigenvalue weighted by atomic mass is 10.2. The van der Waals surface area contributed by atoms with E-state index in [9.17, 15) is 9.59 Å². The van der Waals surface area contributed by atoms with Gasteiger partial charge in [0, 0.05) is 0 Å². The summed E-state index contributed by atoms with van der Waals surface area (Å²) in [6.45, 7) is 0.970. The minimum Gasteiger partial charge on any atom is -0.463 e. The highest BCUT2D eigenvalue weighted by molar-refractivity contribution is 5.45. The quantitative estimate of drug-likeness (QED) is 0.631. The van der Waals surface area contributed by atoms with Crippen LogP contribution in [0.4, 0.5) is 0 Å². The Bertz CT molecular complexity index is 278. The van der Waals surface area contributed by atoms with Crippen LogP contribution in [0.15, 0.2) is 24.3 Å². The maximum absolute atomic E-state index is 9.94. The van der Waals surface area contributed by atoms with Crippen LogP contribution >= 0.6 is 0 Å². The molecule has 0 unspecified atom stereocenters. The number of rotatable bonds is 5. The second-order valence-electron chi connectivity index (χ2n) is 2.27. The topological polar surface area (TPSA) is 52.6 Å². The van der Waals surface area contributed by atoms with E-state index >= 15 is 0 Å². The van der Waals surface area contributed by atoms with Crippen molar-refractivity contribution in [2.75, 3.05) is 0 Å². The Morgan fingerprint density at radius 3 is 2.31 bits per heavy atom. The minimum atomic E-state index is 0.227. The molecule has 0 fully saturated rings. The van der Waals surface area contributed by atoms with Crippen molar-refractivity contribution < 1.29 is 19.1 Å². The van der Waals surface area contributed by atoms with Crippen molar-refractivity contribution in [3.8, 4) is 5.75 Å². The Morgan fingerprint density at radius 1 is 1.08 bits per heavy atom. The average Bonchev–Trinajstić information content (AvgIpc) is 2.17. The van der Waals surface area contributed by atoms with Crippen LogP contribution in [-0.4, -0.2) is 12.9 Å². The standard InChI is InChI=1S/C9H8O4/c10-6-12-5-8-1-3-9(4-2-8)13-7-11/h1-4,6-7H,5H2. The molecule has 0 N–H and O–H groups in total. The highest BCUT2D eigenvalue weighted by Gasteiger charge is 1.94. The molecule has 0 amide bonds. The predicted octanol–water partition coefficient (Wildman–Crippen LogP) is 0.895. The van der Waals surface area contributed by atoms with Crippen LogP contribution in [-0.2, 0) is 20.9 Å². The molecule has 1 rings (SSSR count). The molecule has 1 aromatic carbocycles. The van der Waals surface area contributed by atoms with Gasteiger partial charge in [0.2, 0.25) is 0 Å². The molecule has 0 aliphatic carbocycles. The molecule has 0 radical (unpaired) electrons. The Morgan fingerprint density at radius 2 is 1.77 bits per heavy atom. The molecule has 4 nitrogen and oxygen atoms in total. The molecule has 0 bridgehead atoms. The van der Waals surface area contributed by atoms with E-state index in [0.717, 1.165) is 5.56 Å². The lowest BCUT2D eigenvalue weighted by Crippen LogP contribution is -1.91. The summed E-state index contributed by atoms with van der Waals surface area (Å²) in [6.07, 6.45) is 0. The summed E-state index contributed by atoms with van der Waals surface area (Å²) in [6, 6.07) is 6.67. The van der Waals surface area contributed by atoms with Gasteiger partial charge in [-0.1, -0.05) is 12.1 Å². The van der Waals surface area contributed by atoms with E-state index in [1.54, 1.807) is 24.3 Å². The lowest BCUT2D eigenvalue weighted by molar-refractivity contribution is -0.129. The molecule has 68 valence electrons. The molecule has 0 aromatic heterocycles. The van der Waals surface area contributed by atoms with Gasteiger partial charge in [-0.25, -0.2) is 0 Å². The predicted molar refractivity (Wildman–Crippen MR) is 44.0 cm³/mol. The summed E-state index contributed by atoms with van der Waals surface area (Å²) in [7, 11) is 0. The van der Waals surface area contributed by atoms with E-state index in [1.807, 2.05) is 0 Å². The molecule has 4 heteroatoms. The van der Waals surface area contributed by atoms with Gasteiger partial charge in [0.25, 0.3) is 12.9 Å². The number of carbonyl (C=O) groups is 2. The molecule has 0 heterocycles. The van der Waals surface area contributed by atoms with Crippen LogP contribution in [0, 0.1) is 0 Å². The highest BCUT2D eigenvalue weighted by atomic mass is 16.5. The van der Waals surface area contributed by atoms with E-state index in [2.05, 4.69) is 9.47 Å². The summed E-state index contributed by atoms with van der Waals surface area (Å²) in [5.41, 5.74) is 0.838. The third-order valence-electron chi connectivity index (χ3n) is 1.43. The van der Waals surface area contributed by atoms with Gasteiger partial charge >= 0.3 is 0 Å². The summed E-state index contributed by atoms with van der Waals surface area (Å²) < 4.78 is 9.10. The van der Waals surface area contributed by atoms with Gasteiger partial charge in [0.15, 0.2) is 0 Å². The molecule has 1 aromatic rings. The fraction of sp³-hybridized carbons (Fsp3) is 0.111. The van der Waals surface area contributed by atoms with Gasteiger partial charge in [-0.2, -0.15) is 0 Å².